The van der Waals surface area contributed by atoms with Crippen molar-refractivity contribution in [1.82, 2.24) is 5.43 Å². The van der Waals surface area contributed by atoms with E-state index in [1.54, 1.807) is 42.5 Å². The van der Waals surface area contributed by atoms with E-state index in [4.69, 9.17) is 27.9 Å². The molecule has 0 atom stereocenters. The topological polar surface area (TPSA) is 50.7 Å². The summed E-state index contributed by atoms with van der Waals surface area (Å²) in [6.45, 7) is 2.48. The van der Waals surface area contributed by atoms with Crippen LogP contribution in [0, 0.1) is 0 Å². The van der Waals surface area contributed by atoms with Gasteiger partial charge in [-0.15, -0.1) is 0 Å². The summed E-state index contributed by atoms with van der Waals surface area (Å²) in [6.07, 6.45) is 1.46. The Morgan fingerprint density at radius 3 is 2.59 bits per heavy atom. The minimum atomic E-state index is -0.315. The number of rotatable bonds is 5. The lowest BCUT2D eigenvalue weighted by molar-refractivity contribution is 0.0955. The Bertz CT molecular complexity index is 685. The molecule has 0 aliphatic rings. The molecule has 6 heteroatoms. The van der Waals surface area contributed by atoms with Crippen molar-refractivity contribution in [3.05, 3.63) is 63.6 Å². The number of amides is 1. The zero-order valence-corrected chi connectivity index (χ0v) is 13.4. The van der Waals surface area contributed by atoms with E-state index in [9.17, 15) is 4.79 Å². The lowest BCUT2D eigenvalue weighted by Gasteiger charge is -2.04. The van der Waals surface area contributed by atoms with E-state index in [1.807, 2.05) is 6.92 Å². The Morgan fingerprint density at radius 2 is 1.95 bits per heavy atom. The fourth-order valence-corrected chi connectivity index (χ4v) is 2.16. The number of hydrogen-bond donors (Lipinski definition) is 1. The molecule has 22 heavy (non-hydrogen) atoms. The van der Waals surface area contributed by atoms with Crippen LogP contribution in [-0.2, 0) is 0 Å². The molecule has 0 radical (unpaired) electrons. The van der Waals surface area contributed by atoms with Gasteiger partial charge in [-0.2, -0.15) is 5.10 Å². The number of halogens is 2. The van der Waals surface area contributed by atoms with E-state index in [1.165, 1.54) is 6.21 Å². The maximum absolute atomic E-state index is 11.9. The van der Waals surface area contributed by atoms with Gasteiger partial charge in [0.1, 0.15) is 5.75 Å². The standard InChI is InChI=1S/C16H14Cl2N2O2/c1-2-22-14-7-4-11(5-8-14)16(21)20-19-10-12-3-6-13(17)9-15(12)18/h3-10H,2H2,1H3,(H,20,21)/b19-10+. The van der Waals surface area contributed by atoms with Crippen LogP contribution in [-0.4, -0.2) is 18.7 Å². The number of benzene rings is 2. The van der Waals surface area contributed by atoms with Crippen molar-refractivity contribution in [2.24, 2.45) is 5.10 Å². The quantitative estimate of drug-likeness (QED) is 0.658. The highest BCUT2D eigenvalue weighted by Gasteiger charge is 2.04. The highest BCUT2D eigenvalue weighted by Crippen LogP contribution is 2.19. The molecule has 4 nitrogen and oxygen atoms in total. The van der Waals surface area contributed by atoms with Gasteiger partial charge in [0, 0.05) is 16.1 Å². The summed E-state index contributed by atoms with van der Waals surface area (Å²) in [5, 5.41) is 4.89. The van der Waals surface area contributed by atoms with Crippen molar-refractivity contribution in [1.29, 1.82) is 0 Å². The number of nitrogens with one attached hydrogen (secondary N) is 1. The second kappa shape index (κ2) is 7.82. The van der Waals surface area contributed by atoms with E-state index in [0.29, 0.717) is 27.8 Å². The Morgan fingerprint density at radius 1 is 1.23 bits per heavy atom. The second-order valence-corrected chi connectivity index (χ2v) is 5.17. The molecular weight excluding hydrogens is 323 g/mol. The maximum atomic E-state index is 11.9. The third kappa shape index (κ3) is 4.48. The molecule has 0 spiro atoms. The van der Waals surface area contributed by atoms with Gasteiger partial charge >= 0.3 is 0 Å². The molecule has 0 saturated carbocycles. The van der Waals surface area contributed by atoms with Crippen LogP contribution < -0.4 is 10.2 Å². The fraction of sp³-hybridized carbons (Fsp3) is 0.125. The Kier molecular flexibility index (Phi) is 5.81. The van der Waals surface area contributed by atoms with Gasteiger partial charge in [0.15, 0.2) is 0 Å². The minimum Gasteiger partial charge on any atom is -0.494 e. The van der Waals surface area contributed by atoms with Gasteiger partial charge in [-0.1, -0.05) is 29.3 Å². The van der Waals surface area contributed by atoms with Crippen LogP contribution in [0.25, 0.3) is 0 Å². The smallest absolute Gasteiger partial charge is 0.271 e. The SMILES string of the molecule is CCOc1ccc(C(=O)N/N=C/c2ccc(Cl)cc2Cl)cc1. The van der Waals surface area contributed by atoms with Crippen molar-refractivity contribution in [2.45, 2.75) is 6.92 Å². The highest BCUT2D eigenvalue weighted by molar-refractivity contribution is 6.36. The van der Waals surface area contributed by atoms with Crippen LogP contribution in [0.5, 0.6) is 5.75 Å². The first-order valence-corrected chi connectivity index (χ1v) is 7.37. The number of hydrazone groups is 1. The molecule has 0 saturated heterocycles. The molecule has 1 amide bonds. The number of ether oxygens (including phenoxy) is 1. The fourth-order valence-electron chi connectivity index (χ4n) is 1.70. The maximum Gasteiger partial charge on any atom is 0.271 e. The molecule has 114 valence electrons. The van der Waals surface area contributed by atoms with Gasteiger partial charge in [-0.05, 0) is 43.3 Å². The van der Waals surface area contributed by atoms with Gasteiger partial charge in [-0.3, -0.25) is 4.79 Å². The Hall–Kier alpha value is -2.04. The zero-order valence-electron chi connectivity index (χ0n) is 11.8. The molecule has 1 N–H and O–H groups in total. The second-order valence-electron chi connectivity index (χ2n) is 4.32. The normalized spacial score (nSPS) is 10.7. The van der Waals surface area contributed by atoms with Gasteiger partial charge in [0.05, 0.1) is 17.8 Å². The van der Waals surface area contributed by atoms with Gasteiger partial charge in [-0.25, -0.2) is 5.43 Å². The molecule has 0 unspecified atom stereocenters. The third-order valence-corrected chi connectivity index (χ3v) is 3.32. The minimum absolute atomic E-state index is 0.315. The lowest BCUT2D eigenvalue weighted by Crippen LogP contribution is -2.17. The summed E-state index contributed by atoms with van der Waals surface area (Å²) in [6, 6.07) is 11.8. The zero-order chi connectivity index (χ0) is 15.9. The average molecular weight is 337 g/mol. The summed E-state index contributed by atoms with van der Waals surface area (Å²) in [5.41, 5.74) is 3.59. The predicted octanol–water partition coefficient (Wildman–Crippen LogP) is 4.16. The number of nitrogens with zero attached hydrogens (tertiary/aromatic N) is 1. The summed E-state index contributed by atoms with van der Waals surface area (Å²) in [4.78, 5) is 11.9. The molecule has 0 aliphatic carbocycles. The first-order valence-electron chi connectivity index (χ1n) is 6.61. The first-order chi connectivity index (χ1) is 10.6. The summed E-state index contributed by atoms with van der Waals surface area (Å²) >= 11 is 11.8. The summed E-state index contributed by atoms with van der Waals surface area (Å²) in [7, 11) is 0. The number of carbonyl (C=O) groups excluding carboxylic acids is 1. The van der Waals surface area contributed by atoms with E-state index in [0.717, 1.165) is 5.75 Å². The molecule has 2 rings (SSSR count). The molecule has 0 fully saturated rings. The molecular formula is C16H14Cl2N2O2. The Balaban J connectivity index is 1.98. The van der Waals surface area contributed by atoms with Crippen LogP contribution >= 0.6 is 23.2 Å². The van der Waals surface area contributed by atoms with Crippen LogP contribution in [0.15, 0.2) is 47.6 Å². The van der Waals surface area contributed by atoms with Gasteiger partial charge < -0.3 is 4.74 Å². The highest BCUT2D eigenvalue weighted by atomic mass is 35.5. The molecule has 2 aromatic carbocycles. The van der Waals surface area contributed by atoms with Crippen LogP contribution in [0.4, 0.5) is 0 Å². The van der Waals surface area contributed by atoms with Crippen LogP contribution in [0.2, 0.25) is 10.0 Å². The third-order valence-electron chi connectivity index (χ3n) is 2.76. The summed E-state index contributed by atoms with van der Waals surface area (Å²) < 4.78 is 5.32. The largest absolute Gasteiger partial charge is 0.494 e. The predicted molar refractivity (Wildman–Crippen MR) is 89.1 cm³/mol. The molecule has 0 aliphatic heterocycles. The number of carbonyl (C=O) groups is 1. The van der Waals surface area contributed by atoms with Crippen LogP contribution in [0.3, 0.4) is 0 Å². The number of hydrogen-bond acceptors (Lipinski definition) is 3. The van der Waals surface area contributed by atoms with Crippen molar-refractivity contribution in [2.75, 3.05) is 6.61 Å². The van der Waals surface area contributed by atoms with E-state index < -0.39 is 0 Å². The molecule has 0 aromatic heterocycles. The van der Waals surface area contributed by atoms with Crippen molar-refractivity contribution < 1.29 is 9.53 Å². The molecule has 2 aromatic rings. The van der Waals surface area contributed by atoms with E-state index in [-0.39, 0.29) is 5.91 Å². The van der Waals surface area contributed by atoms with Gasteiger partial charge in [0.2, 0.25) is 0 Å². The molecule has 0 bridgehead atoms. The summed E-state index contributed by atoms with van der Waals surface area (Å²) in [5.74, 6) is 0.403. The van der Waals surface area contributed by atoms with Crippen molar-refractivity contribution in [3.8, 4) is 5.75 Å². The monoisotopic (exact) mass is 336 g/mol. The van der Waals surface area contributed by atoms with Gasteiger partial charge in [0.25, 0.3) is 5.91 Å². The Labute approximate surface area is 138 Å². The van der Waals surface area contributed by atoms with Crippen molar-refractivity contribution >= 4 is 35.3 Å². The lowest BCUT2D eigenvalue weighted by atomic mass is 10.2. The van der Waals surface area contributed by atoms with E-state index >= 15 is 0 Å². The average Bonchev–Trinajstić information content (AvgIpc) is 2.50. The van der Waals surface area contributed by atoms with Crippen molar-refractivity contribution in [3.63, 3.8) is 0 Å². The van der Waals surface area contributed by atoms with Crippen LogP contribution in [0.1, 0.15) is 22.8 Å². The first kappa shape index (κ1) is 16.3. The molecule has 0 heterocycles. The van der Waals surface area contributed by atoms with E-state index in [2.05, 4.69) is 10.5 Å².